The van der Waals surface area contributed by atoms with Crippen molar-refractivity contribution in [2.24, 2.45) is 11.7 Å². The van der Waals surface area contributed by atoms with Crippen molar-refractivity contribution < 1.29 is 9.18 Å². The Balaban J connectivity index is 2.12. The molecular weight excluding hydrogens is 219 g/mol. The van der Waals surface area contributed by atoms with E-state index in [4.69, 9.17) is 5.73 Å². The summed E-state index contributed by atoms with van der Waals surface area (Å²) in [7, 11) is 0. The summed E-state index contributed by atoms with van der Waals surface area (Å²) in [6, 6.07) is 4.70. The molecule has 3 nitrogen and oxygen atoms in total. The largest absolute Gasteiger partial charge is 0.322 e. The van der Waals surface area contributed by atoms with Gasteiger partial charge in [-0.05, 0) is 50.3 Å². The Labute approximate surface area is 100 Å². The Morgan fingerprint density at radius 3 is 2.71 bits per heavy atom. The molecule has 0 bridgehead atoms. The number of anilines is 1. The third-order valence-corrected chi connectivity index (χ3v) is 3.29. The van der Waals surface area contributed by atoms with Crippen LogP contribution in [0.4, 0.5) is 10.1 Å². The number of benzene rings is 1. The van der Waals surface area contributed by atoms with Crippen LogP contribution in [-0.2, 0) is 4.79 Å². The minimum absolute atomic E-state index is 0.193. The fourth-order valence-electron chi connectivity index (χ4n) is 1.85. The summed E-state index contributed by atoms with van der Waals surface area (Å²) < 4.78 is 13.6. The Morgan fingerprint density at radius 1 is 1.53 bits per heavy atom. The summed E-state index contributed by atoms with van der Waals surface area (Å²) in [6.45, 7) is 3.50. The number of hydrogen-bond donors (Lipinski definition) is 2. The van der Waals surface area contributed by atoms with Crippen molar-refractivity contribution in [2.45, 2.75) is 32.2 Å². The smallest absolute Gasteiger partial charge is 0.244 e. The molecule has 0 radical (unpaired) electrons. The van der Waals surface area contributed by atoms with Crippen molar-refractivity contribution >= 4 is 11.6 Å². The first-order valence-corrected chi connectivity index (χ1v) is 5.77. The van der Waals surface area contributed by atoms with Crippen LogP contribution in [0.5, 0.6) is 0 Å². The molecule has 1 unspecified atom stereocenters. The number of carbonyl (C=O) groups excluding carboxylic acids is 1. The molecule has 0 aromatic heterocycles. The predicted octanol–water partition coefficient (Wildman–Crippen LogP) is 2.20. The molecule has 2 rings (SSSR count). The Kier molecular flexibility index (Phi) is 2.91. The average Bonchev–Trinajstić information content (AvgIpc) is 3.05. The highest BCUT2D eigenvalue weighted by molar-refractivity contribution is 5.98. The van der Waals surface area contributed by atoms with Gasteiger partial charge in [-0.15, -0.1) is 0 Å². The van der Waals surface area contributed by atoms with Crippen molar-refractivity contribution in [1.82, 2.24) is 0 Å². The lowest BCUT2D eigenvalue weighted by Crippen LogP contribution is -2.50. The van der Waals surface area contributed by atoms with Crippen LogP contribution in [0.25, 0.3) is 0 Å². The monoisotopic (exact) mass is 236 g/mol. The molecule has 0 aliphatic heterocycles. The van der Waals surface area contributed by atoms with Crippen molar-refractivity contribution in [2.75, 3.05) is 5.32 Å². The number of halogens is 1. The minimum Gasteiger partial charge on any atom is -0.322 e. The van der Waals surface area contributed by atoms with Crippen molar-refractivity contribution in [3.8, 4) is 0 Å². The molecule has 1 atom stereocenters. The van der Waals surface area contributed by atoms with E-state index in [1.165, 1.54) is 6.07 Å². The van der Waals surface area contributed by atoms with Crippen LogP contribution in [0.3, 0.4) is 0 Å². The molecule has 4 heteroatoms. The van der Waals surface area contributed by atoms with Gasteiger partial charge < -0.3 is 11.1 Å². The van der Waals surface area contributed by atoms with E-state index < -0.39 is 11.4 Å². The maximum Gasteiger partial charge on any atom is 0.244 e. The molecule has 92 valence electrons. The zero-order valence-corrected chi connectivity index (χ0v) is 10.1. The fourth-order valence-corrected chi connectivity index (χ4v) is 1.85. The summed E-state index contributed by atoms with van der Waals surface area (Å²) in [6.07, 6.45) is 1.94. The number of rotatable bonds is 3. The van der Waals surface area contributed by atoms with Gasteiger partial charge in [0.05, 0.1) is 11.2 Å². The topological polar surface area (TPSA) is 55.1 Å². The SMILES string of the molecule is Cc1ccc(NC(=O)C(C)(N)C2CC2)c(F)c1. The van der Waals surface area contributed by atoms with E-state index in [1.54, 1.807) is 26.0 Å². The van der Waals surface area contributed by atoms with E-state index >= 15 is 0 Å². The van der Waals surface area contributed by atoms with Crippen LogP contribution in [0, 0.1) is 18.7 Å². The quantitative estimate of drug-likeness (QED) is 0.845. The Hall–Kier alpha value is -1.42. The van der Waals surface area contributed by atoms with Crippen LogP contribution < -0.4 is 11.1 Å². The Morgan fingerprint density at radius 2 is 2.18 bits per heavy atom. The van der Waals surface area contributed by atoms with Gasteiger partial charge in [0, 0.05) is 0 Å². The number of nitrogens with two attached hydrogens (primary N) is 1. The van der Waals surface area contributed by atoms with Crippen molar-refractivity contribution in [3.05, 3.63) is 29.6 Å². The van der Waals surface area contributed by atoms with Gasteiger partial charge in [0.1, 0.15) is 5.82 Å². The average molecular weight is 236 g/mol. The first kappa shape index (κ1) is 12.0. The van der Waals surface area contributed by atoms with E-state index in [-0.39, 0.29) is 17.5 Å². The van der Waals surface area contributed by atoms with Gasteiger partial charge in [-0.1, -0.05) is 6.07 Å². The zero-order chi connectivity index (χ0) is 12.6. The van der Waals surface area contributed by atoms with Crippen LogP contribution >= 0.6 is 0 Å². The number of amides is 1. The molecule has 3 N–H and O–H groups in total. The van der Waals surface area contributed by atoms with E-state index in [1.807, 2.05) is 0 Å². The standard InChI is InChI=1S/C13H17FN2O/c1-8-3-6-11(10(14)7-8)16-12(17)13(2,15)9-4-5-9/h3,6-7,9H,4-5,15H2,1-2H3,(H,16,17). The summed E-state index contributed by atoms with van der Waals surface area (Å²) in [5, 5.41) is 2.56. The van der Waals surface area contributed by atoms with Gasteiger partial charge in [0.2, 0.25) is 5.91 Å². The third kappa shape index (κ3) is 2.47. The molecule has 1 aromatic carbocycles. The first-order valence-electron chi connectivity index (χ1n) is 5.77. The molecule has 0 spiro atoms. The molecule has 1 amide bonds. The molecular formula is C13H17FN2O. The fraction of sp³-hybridized carbons (Fsp3) is 0.462. The summed E-state index contributed by atoms with van der Waals surface area (Å²) in [5.41, 5.74) is 6.06. The second-order valence-corrected chi connectivity index (χ2v) is 4.99. The first-order chi connectivity index (χ1) is 7.91. The van der Waals surface area contributed by atoms with Gasteiger partial charge in [0.25, 0.3) is 0 Å². The van der Waals surface area contributed by atoms with Crippen molar-refractivity contribution in [1.29, 1.82) is 0 Å². The number of aryl methyl sites for hydroxylation is 1. The van der Waals surface area contributed by atoms with Gasteiger partial charge in [-0.2, -0.15) is 0 Å². The molecule has 1 aliphatic rings. The van der Waals surface area contributed by atoms with E-state index in [0.717, 1.165) is 18.4 Å². The van der Waals surface area contributed by atoms with Gasteiger partial charge in [-0.25, -0.2) is 4.39 Å². The summed E-state index contributed by atoms with van der Waals surface area (Å²) in [4.78, 5) is 12.0. The van der Waals surface area contributed by atoms with E-state index in [0.29, 0.717) is 0 Å². The minimum atomic E-state index is -0.905. The second kappa shape index (κ2) is 4.11. The highest BCUT2D eigenvalue weighted by Gasteiger charge is 2.44. The number of hydrogen-bond acceptors (Lipinski definition) is 2. The third-order valence-electron chi connectivity index (χ3n) is 3.29. The van der Waals surface area contributed by atoms with Crippen molar-refractivity contribution in [3.63, 3.8) is 0 Å². The molecule has 0 saturated heterocycles. The molecule has 1 saturated carbocycles. The normalized spacial score (nSPS) is 18.6. The second-order valence-electron chi connectivity index (χ2n) is 4.99. The van der Waals surface area contributed by atoms with Gasteiger partial charge in [-0.3, -0.25) is 4.79 Å². The van der Waals surface area contributed by atoms with Crippen LogP contribution in [0.15, 0.2) is 18.2 Å². The molecule has 17 heavy (non-hydrogen) atoms. The highest BCUT2D eigenvalue weighted by atomic mass is 19.1. The summed E-state index contributed by atoms with van der Waals surface area (Å²) >= 11 is 0. The Bertz CT molecular complexity index is 453. The molecule has 1 aliphatic carbocycles. The van der Waals surface area contributed by atoms with E-state index in [2.05, 4.69) is 5.32 Å². The lowest BCUT2D eigenvalue weighted by atomic mass is 9.96. The van der Waals surface area contributed by atoms with Gasteiger partial charge >= 0.3 is 0 Å². The maximum atomic E-state index is 13.6. The lowest BCUT2D eigenvalue weighted by molar-refractivity contribution is -0.121. The highest BCUT2D eigenvalue weighted by Crippen LogP contribution is 2.38. The van der Waals surface area contributed by atoms with Crippen LogP contribution in [0.1, 0.15) is 25.3 Å². The number of carbonyl (C=O) groups is 1. The van der Waals surface area contributed by atoms with Crippen LogP contribution in [0.2, 0.25) is 0 Å². The summed E-state index contributed by atoms with van der Waals surface area (Å²) in [5.74, 6) is -0.524. The van der Waals surface area contributed by atoms with Crippen LogP contribution in [-0.4, -0.2) is 11.4 Å². The lowest BCUT2D eigenvalue weighted by Gasteiger charge is -2.23. The van der Waals surface area contributed by atoms with E-state index in [9.17, 15) is 9.18 Å². The molecule has 1 aromatic rings. The molecule has 0 heterocycles. The number of nitrogens with one attached hydrogen (secondary N) is 1. The predicted molar refractivity (Wildman–Crippen MR) is 65.1 cm³/mol. The van der Waals surface area contributed by atoms with Gasteiger partial charge in [0.15, 0.2) is 0 Å². The molecule has 1 fully saturated rings. The zero-order valence-electron chi connectivity index (χ0n) is 10.1. The maximum absolute atomic E-state index is 13.6.